The highest BCUT2D eigenvalue weighted by Gasteiger charge is 2.10. The Balaban J connectivity index is 1.56. The van der Waals surface area contributed by atoms with Crippen LogP contribution in [0.25, 0.3) is 5.69 Å². The molecule has 1 heterocycles. The molecule has 122 valence electrons. The fraction of sp³-hybridized carbons (Fsp3) is 0.176. The van der Waals surface area contributed by atoms with Crippen LogP contribution < -0.4 is 5.32 Å². The van der Waals surface area contributed by atoms with Gasteiger partial charge in [0.1, 0.15) is 6.61 Å². The Morgan fingerprint density at radius 3 is 2.62 bits per heavy atom. The fourth-order valence-electron chi connectivity index (χ4n) is 2.13. The minimum Gasteiger partial charge on any atom is -0.445 e. The molecule has 0 aliphatic heterocycles. The lowest BCUT2D eigenvalue weighted by atomic mass is 10.2. The monoisotopic (exact) mass is 323 g/mol. The Kier molecular flexibility index (Phi) is 4.81. The van der Waals surface area contributed by atoms with Crippen LogP contribution in [0.1, 0.15) is 17.0 Å². The molecule has 0 bridgehead atoms. The van der Waals surface area contributed by atoms with Gasteiger partial charge < -0.3 is 10.1 Å². The normalized spacial score (nSPS) is 10.4. The summed E-state index contributed by atoms with van der Waals surface area (Å²) in [5.41, 5.74) is 2.91. The molecule has 0 radical (unpaired) electrons. The van der Waals surface area contributed by atoms with Crippen LogP contribution in [0.3, 0.4) is 0 Å². The molecular formula is C17H17N5O2. The number of hydrogen-bond acceptors (Lipinski definition) is 5. The van der Waals surface area contributed by atoms with Gasteiger partial charge in [0.15, 0.2) is 5.82 Å². The zero-order valence-electron chi connectivity index (χ0n) is 13.2. The molecule has 1 amide bonds. The maximum absolute atomic E-state index is 11.8. The highest BCUT2D eigenvalue weighted by Crippen LogP contribution is 2.09. The Morgan fingerprint density at radius 1 is 1.12 bits per heavy atom. The Bertz CT molecular complexity index is 799. The largest absolute Gasteiger partial charge is 0.445 e. The number of carbonyl (C=O) groups excluding carboxylic acids is 1. The van der Waals surface area contributed by atoms with Crippen LogP contribution in [0.5, 0.6) is 0 Å². The second kappa shape index (κ2) is 7.36. The number of aromatic nitrogens is 4. The van der Waals surface area contributed by atoms with Crippen molar-refractivity contribution in [1.29, 1.82) is 0 Å². The van der Waals surface area contributed by atoms with E-state index in [9.17, 15) is 4.79 Å². The topological polar surface area (TPSA) is 81.9 Å². The molecule has 7 nitrogen and oxygen atoms in total. The van der Waals surface area contributed by atoms with E-state index in [1.807, 2.05) is 61.5 Å². The van der Waals surface area contributed by atoms with Crippen LogP contribution in [0, 0.1) is 6.92 Å². The lowest BCUT2D eigenvalue weighted by Crippen LogP contribution is -2.25. The average molecular weight is 323 g/mol. The van der Waals surface area contributed by atoms with E-state index >= 15 is 0 Å². The molecule has 0 spiro atoms. The number of rotatable bonds is 5. The lowest BCUT2D eigenvalue weighted by molar-refractivity contribution is 0.139. The second-order valence-corrected chi connectivity index (χ2v) is 5.26. The quantitative estimate of drug-likeness (QED) is 0.779. The first-order valence-corrected chi connectivity index (χ1v) is 7.51. The first-order valence-electron chi connectivity index (χ1n) is 7.51. The number of ether oxygens (including phenoxy) is 1. The zero-order chi connectivity index (χ0) is 16.8. The van der Waals surface area contributed by atoms with Crippen molar-refractivity contribution in [2.24, 2.45) is 0 Å². The standard InChI is InChI=1S/C17H17N5O2/c1-13-7-9-15(10-8-13)22-16(19-20-21-22)11-18-17(23)24-12-14-5-3-2-4-6-14/h2-10H,11-12H2,1H3,(H,18,23). The number of benzene rings is 2. The Hall–Kier alpha value is -3.22. The number of aryl methyl sites for hydroxylation is 1. The van der Waals surface area contributed by atoms with E-state index in [4.69, 9.17) is 4.74 Å². The summed E-state index contributed by atoms with van der Waals surface area (Å²) in [6.07, 6.45) is -0.516. The molecule has 0 saturated heterocycles. The predicted molar refractivity (Wildman–Crippen MR) is 87.4 cm³/mol. The minimum atomic E-state index is -0.516. The molecular weight excluding hydrogens is 306 g/mol. The van der Waals surface area contributed by atoms with E-state index in [0.717, 1.165) is 16.8 Å². The van der Waals surface area contributed by atoms with Crippen LogP contribution in [0.2, 0.25) is 0 Å². The summed E-state index contributed by atoms with van der Waals surface area (Å²) < 4.78 is 6.74. The summed E-state index contributed by atoms with van der Waals surface area (Å²) in [6, 6.07) is 17.3. The molecule has 2 aromatic carbocycles. The second-order valence-electron chi connectivity index (χ2n) is 5.26. The molecule has 7 heteroatoms. The summed E-state index contributed by atoms with van der Waals surface area (Å²) in [5, 5.41) is 14.2. The fourth-order valence-corrected chi connectivity index (χ4v) is 2.13. The minimum absolute atomic E-state index is 0.175. The van der Waals surface area contributed by atoms with Gasteiger partial charge in [-0.1, -0.05) is 48.0 Å². The van der Waals surface area contributed by atoms with E-state index in [-0.39, 0.29) is 13.2 Å². The van der Waals surface area contributed by atoms with Gasteiger partial charge in [-0.05, 0) is 35.0 Å². The third-order valence-corrected chi connectivity index (χ3v) is 3.42. The van der Waals surface area contributed by atoms with Crippen molar-refractivity contribution in [2.75, 3.05) is 0 Å². The number of nitrogens with zero attached hydrogens (tertiary/aromatic N) is 4. The first kappa shape index (κ1) is 15.7. The molecule has 1 aromatic heterocycles. The van der Waals surface area contributed by atoms with E-state index in [1.165, 1.54) is 0 Å². The highest BCUT2D eigenvalue weighted by atomic mass is 16.5. The molecule has 0 unspecified atom stereocenters. The number of carbonyl (C=O) groups is 1. The first-order chi connectivity index (χ1) is 11.7. The summed E-state index contributed by atoms with van der Waals surface area (Å²) in [6.45, 7) is 2.40. The van der Waals surface area contributed by atoms with Crippen LogP contribution in [0.15, 0.2) is 54.6 Å². The van der Waals surface area contributed by atoms with Crippen molar-refractivity contribution in [3.8, 4) is 5.69 Å². The van der Waals surface area contributed by atoms with Crippen LogP contribution in [0.4, 0.5) is 4.79 Å². The molecule has 0 atom stereocenters. The van der Waals surface area contributed by atoms with E-state index in [1.54, 1.807) is 4.68 Å². The van der Waals surface area contributed by atoms with Crippen LogP contribution in [-0.2, 0) is 17.9 Å². The summed E-state index contributed by atoms with van der Waals surface area (Å²) in [7, 11) is 0. The number of hydrogen-bond donors (Lipinski definition) is 1. The van der Waals surface area contributed by atoms with Gasteiger partial charge in [-0.2, -0.15) is 4.68 Å². The van der Waals surface area contributed by atoms with Gasteiger partial charge in [0.2, 0.25) is 0 Å². The Labute approximate surface area is 139 Å². The van der Waals surface area contributed by atoms with E-state index in [2.05, 4.69) is 20.8 Å². The smallest absolute Gasteiger partial charge is 0.407 e. The van der Waals surface area contributed by atoms with Gasteiger partial charge in [0.05, 0.1) is 12.2 Å². The van der Waals surface area contributed by atoms with Crippen molar-refractivity contribution < 1.29 is 9.53 Å². The molecule has 24 heavy (non-hydrogen) atoms. The molecule has 0 saturated carbocycles. The predicted octanol–water partition coefficient (Wildman–Crippen LogP) is 2.40. The van der Waals surface area contributed by atoms with Crippen molar-refractivity contribution in [1.82, 2.24) is 25.5 Å². The summed E-state index contributed by atoms with van der Waals surface area (Å²) in [4.78, 5) is 11.8. The molecule has 3 rings (SSSR count). The third-order valence-electron chi connectivity index (χ3n) is 3.42. The van der Waals surface area contributed by atoms with Crippen molar-refractivity contribution in [3.63, 3.8) is 0 Å². The number of nitrogens with one attached hydrogen (secondary N) is 1. The SMILES string of the molecule is Cc1ccc(-n2nnnc2CNC(=O)OCc2ccccc2)cc1. The van der Waals surface area contributed by atoms with E-state index in [0.29, 0.717) is 5.82 Å². The number of tetrazole rings is 1. The van der Waals surface area contributed by atoms with Crippen molar-refractivity contribution in [3.05, 3.63) is 71.5 Å². The van der Waals surface area contributed by atoms with Gasteiger partial charge in [0.25, 0.3) is 0 Å². The molecule has 3 aromatic rings. The lowest BCUT2D eigenvalue weighted by Gasteiger charge is -2.08. The van der Waals surface area contributed by atoms with Gasteiger partial charge in [-0.25, -0.2) is 4.79 Å². The van der Waals surface area contributed by atoms with Gasteiger partial charge in [-0.3, -0.25) is 0 Å². The van der Waals surface area contributed by atoms with Crippen molar-refractivity contribution in [2.45, 2.75) is 20.1 Å². The molecule has 0 aliphatic rings. The van der Waals surface area contributed by atoms with Crippen LogP contribution in [-0.4, -0.2) is 26.3 Å². The van der Waals surface area contributed by atoms with E-state index < -0.39 is 6.09 Å². The van der Waals surface area contributed by atoms with Gasteiger partial charge in [0, 0.05) is 0 Å². The summed E-state index contributed by atoms with van der Waals surface area (Å²) >= 11 is 0. The maximum atomic E-state index is 11.8. The van der Waals surface area contributed by atoms with Gasteiger partial charge >= 0.3 is 6.09 Å². The highest BCUT2D eigenvalue weighted by molar-refractivity contribution is 5.67. The van der Waals surface area contributed by atoms with Gasteiger partial charge in [-0.15, -0.1) is 5.10 Å². The Morgan fingerprint density at radius 2 is 1.88 bits per heavy atom. The summed E-state index contributed by atoms with van der Waals surface area (Å²) in [5.74, 6) is 0.524. The maximum Gasteiger partial charge on any atom is 0.407 e. The number of amides is 1. The number of alkyl carbamates (subject to hydrolysis) is 1. The molecule has 0 fully saturated rings. The molecule has 0 aliphatic carbocycles. The molecule has 1 N–H and O–H groups in total. The van der Waals surface area contributed by atoms with Crippen LogP contribution >= 0.6 is 0 Å². The average Bonchev–Trinajstić information content (AvgIpc) is 3.08. The van der Waals surface area contributed by atoms with Crippen molar-refractivity contribution >= 4 is 6.09 Å². The zero-order valence-corrected chi connectivity index (χ0v) is 13.2. The third kappa shape index (κ3) is 3.95.